The Morgan fingerprint density at radius 2 is 0.981 bits per heavy atom. The van der Waals surface area contributed by atoms with E-state index in [1.165, 1.54) is 44.5 Å². The molecule has 54 heavy (non-hydrogen) atoms. The van der Waals surface area contributed by atoms with Crippen LogP contribution in [0.5, 0.6) is 5.75 Å². The zero-order valence-corrected chi connectivity index (χ0v) is 35.4. The molecular weight excluding hydrogens is 740 g/mol. The Kier molecular flexibility index (Phi) is 7.33. The van der Waals surface area contributed by atoms with E-state index in [4.69, 9.17) is 9.05 Å². The van der Waals surface area contributed by atoms with Crippen molar-refractivity contribution in [3.05, 3.63) is 168 Å². The van der Waals surface area contributed by atoms with E-state index in [9.17, 15) is 28.7 Å². The Morgan fingerprint density at radius 3 is 1.50 bits per heavy atom. The first-order valence-corrected chi connectivity index (χ1v) is 21.2. The maximum Gasteiger partial charge on any atom is 1.00 e. The van der Waals surface area contributed by atoms with Gasteiger partial charge in [0.15, 0.2) is 0 Å². The summed E-state index contributed by atoms with van der Waals surface area (Å²) >= 11 is 0. The largest absolute Gasteiger partial charge is 1.00 e. The maximum absolute atomic E-state index is 12.9. The van der Waals surface area contributed by atoms with E-state index in [1.807, 2.05) is 18.2 Å². The zero-order valence-electron chi connectivity index (χ0n) is 29.6. The number of benzene rings is 5. The van der Waals surface area contributed by atoms with E-state index in [2.05, 4.69) is 60.7 Å². The first-order valence-electron chi connectivity index (χ1n) is 18.2. The van der Waals surface area contributed by atoms with Crippen molar-refractivity contribution in [3.8, 4) is 5.75 Å². The van der Waals surface area contributed by atoms with Gasteiger partial charge in [-0.15, -0.1) is 0 Å². The second kappa shape index (κ2) is 11.2. The molecule has 0 amide bonds. The molecule has 8 aliphatic rings. The molecule has 12 heteroatoms. The Hall–Kier alpha value is -1.84. The zero-order chi connectivity index (χ0) is 34.8. The summed E-state index contributed by atoms with van der Waals surface area (Å²) in [5.74, 6) is 0.617. The molecule has 8 aliphatic carbocycles. The van der Waals surface area contributed by atoms with Gasteiger partial charge in [-0.2, -0.15) is 0 Å². The average molecular weight is 771 g/mol. The molecule has 258 valence electrons. The third-order valence-corrected chi connectivity index (χ3v) is 15.3. The van der Waals surface area contributed by atoms with Gasteiger partial charge in [-0.05, 0) is 104 Å². The molecular formula is C42H30Na2O8P2. The number of phosphoric ester groups is 2. The summed E-state index contributed by atoms with van der Waals surface area (Å²) in [4.78, 5) is 46.0. The molecule has 8 unspecified atom stereocenters. The summed E-state index contributed by atoms with van der Waals surface area (Å²) in [5, 5.41) is 0. The molecule has 5 aromatic carbocycles. The molecule has 0 spiro atoms. The van der Waals surface area contributed by atoms with E-state index < -0.39 is 21.2 Å². The first kappa shape index (κ1) is 35.3. The van der Waals surface area contributed by atoms with Crippen molar-refractivity contribution >= 4 is 15.6 Å². The van der Waals surface area contributed by atoms with Crippen molar-refractivity contribution < 1.29 is 96.9 Å². The van der Waals surface area contributed by atoms with Crippen LogP contribution in [0.2, 0.25) is 0 Å². The fraction of sp³-hybridized carbons (Fsp3) is 0.286. The summed E-state index contributed by atoms with van der Waals surface area (Å²) in [6, 6.07) is 28.2. The topological polar surface area (TPSA) is 139 Å². The quantitative estimate of drug-likeness (QED) is 0.205. The van der Waals surface area contributed by atoms with Gasteiger partial charge in [-0.3, -0.25) is 4.52 Å². The minimum atomic E-state index is -5.59. The van der Waals surface area contributed by atoms with Gasteiger partial charge in [0, 0.05) is 52.6 Å². The number of phosphoric acid groups is 2. The van der Waals surface area contributed by atoms with Crippen LogP contribution in [-0.4, -0.2) is 9.79 Å². The third-order valence-electron chi connectivity index (χ3n) is 14.4. The molecule has 2 N–H and O–H groups in total. The van der Waals surface area contributed by atoms with Crippen LogP contribution in [0.25, 0.3) is 0 Å². The Labute approximate surface area is 355 Å². The van der Waals surface area contributed by atoms with Crippen LogP contribution < -0.4 is 73.4 Å². The van der Waals surface area contributed by atoms with Gasteiger partial charge in [0.1, 0.15) is 19.2 Å². The van der Waals surface area contributed by atoms with Crippen molar-refractivity contribution in [2.24, 2.45) is 0 Å². The summed E-state index contributed by atoms with van der Waals surface area (Å²) in [6.07, 6.45) is 2.97. The fourth-order valence-corrected chi connectivity index (χ4v) is 14.0. The smallest absolute Gasteiger partial charge is 0.780 e. The van der Waals surface area contributed by atoms with E-state index in [0.29, 0.717) is 29.4 Å². The standard InChI is InChI=1S/C42H32O8P2.2Na/c43-51(44,45)49-41-39-34-14-24(20-7-3-4-8-21(20)34)35(39)15-36-37-17-42(40(36)41,50-52(46,47)48)38-16-32-30-12-29(31(32)13-33(37)38)27-10-25-22-9-23(26(25)11-28(27)30)19-6-2-1-5-18(19)22;;/h1-8,10-11,13,15-16,22-24,29-30,34,37H,9,12,14,17H2,(H2,43,44,45)(H2,46,47,48);;/q;2*+1/p-2. The van der Waals surface area contributed by atoms with Crippen LogP contribution in [-0.2, 0) is 19.3 Å². The molecule has 0 aliphatic heterocycles. The molecule has 0 saturated heterocycles. The number of rotatable bonds is 4. The van der Waals surface area contributed by atoms with Crippen molar-refractivity contribution in [1.82, 2.24) is 0 Å². The minimum absolute atomic E-state index is 0. The SMILES string of the molecule is O=P([O-])([O-])Oc1c2c(cc3c1C1(OP(=O)(O)O)CC3c3cc4c(cc31)C1CC4c3cc4c(cc31)C1CC4c3ccccc31)C1CC2c2ccccc21.[Na+].[Na+]. The van der Waals surface area contributed by atoms with Crippen LogP contribution in [0, 0.1) is 0 Å². The van der Waals surface area contributed by atoms with Gasteiger partial charge in [0.05, 0.1) is 0 Å². The fourth-order valence-electron chi connectivity index (χ4n) is 12.9. The van der Waals surface area contributed by atoms with Crippen LogP contribution >= 0.6 is 15.6 Å². The van der Waals surface area contributed by atoms with Gasteiger partial charge in [-0.25, -0.2) is 4.57 Å². The van der Waals surface area contributed by atoms with Gasteiger partial charge in [0.25, 0.3) is 0 Å². The molecule has 0 aromatic heterocycles. The number of fused-ring (bicyclic) bond motifs is 32. The van der Waals surface area contributed by atoms with Crippen LogP contribution in [0.15, 0.2) is 78.9 Å². The monoisotopic (exact) mass is 770 g/mol. The molecule has 8 atom stereocenters. The predicted molar refractivity (Wildman–Crippen MR) is 186 cm³/mol. The van der Waals surface area contributed by atoms with Gasteiger partial charge in [0.2, 0.25) is 0 Å². The molecule has 0 saturated carbocycles. The van der Waals surface area contributed by atoms with E-state index in [1.54, 1.807) is 0 Å². The van der Waals surface area contributed by atoms with Crippen molar-refractivity contribution in [2.45, 2.75) is 72.7 Å². The molecule has 13 rings (SSSR count). The Bertz CT molecular complexity index is 2690. The van der Waals surface area contributed by atoms with Crippen molar-refractivity contribution in [2.75, 3.05) is 0 Å². The summed E-state index contributed by atoms with van der Waals surface area (Å²) in [7, 11) is -10.7. The number of hydrogen-bond donors (Lipinski definition) is 2. The van der Waals surface area contributed by atoms with Gasteiger partial charge < -0.3 is 28.7 Å². The van der Waals surface area contributed by atoms with E-state index in [-0.39, 0.29) is 106 Å². The van der Waals surface area contributed by atoms with E-state index in [0.717, 1.165) is 40.7 Å². The molecule has 8 nitrogen and oxygen atoms in total. The third kappa shape index (κ3) is 4.29. The normalized spacial score (nSPS) is 29.4. The van der Waals surface area contributed by atoms with Crippen LogP contribution in [0.1, 0.15) is 156 Å². The molecule has 8 bridgehead atoms. The van der Waals surface area contributed by atoms with Crippen molar-refractivity contribution in [1.29, 1.82) is 0 Å². The molecule has 0 heterocycles. The molecule has 0 fully saturated rings. The Balaban J connectivity index is 0.00000171. The summed E-state index contributed by atoms with van der Waals surface area (Å²) < 4.78 is 36.8. The van der Waals surface area contributed by atoms with Crippen LogP contribution in [0.3, 0.4) is 0 Å². The average Bonchev–Trinajstić information content (AvgIpc) is 3.97. The second-order valence-corrected chi connectivity index (χ2v) is 18.6. The second-order valence-electron chi connectivity index (χ2n) is 16.3. The maximum atomic E-state index is 12.9. The Morgan fingerprint density at radius 1 is 0.556 bits per heavy atom. The van der Waals surface area contributed by atoms with E-state index >= 15 is 0 Å². The summed E-state index contributed by atoms with van der Waals surface area (Å²) in [6.45, 7) is 0. The minimum Gasteiger partial charge on any atom is -0.780 e. The predicted octanol–water partition coefficient (Wildman–Crippen LogP) is 1.05. The molecule has 0 radical (unpaired) electrons. The van der Waals surface area contributed by atoms with Crippen LogP contribution in [0.4, 0.5) is 0 Å². The first-order chi connectivity index (χ1) is 25.0. The van der Waals surface area contributed by atoms with Crippen molar-refractivity contribution in [3.63, 3.8) is 0 Å². The summed E-state index contributed by atoms with van der Waals surface area (Å²) in [5.41, 5.74) is 15.6. The number of hydrogen-bond acceptors (Lipinski definition) is 6. The van der Waals surface area contributed by atoms with Gasteiger partial charge >= 0.3 is 66.9 Å². The van der Waals surface area contributed by atoms with Gasteiger partial charge in [-0.1, -0.05) is 78.9 Å². The molecule has 5 aromatic rings.